The molecule has 16 heavy (non-hydrogen) atoms. The summed E-state index contributed by atoms with van der Waals surface area (Å²) in [6.07, 6.45) is 6.92. The summed E-state index contributed by atoms with van der Waals surface area (Å²) in [5.74, 6) is 2.43. The van der Waals surface area contributed by atoms with Gasteiger partial charge in [0.1, 0.15) is 0 Å². The molecule has 2 aliphatic carbocycles. The third kappa shape index (κ3) is 1.65. The summed E-state index contributed by atoms with van der Waals surface area (Å²) in [6, 6.07) is 0.168. The van der Waals surface area contributed by atoms with Gasteiger partial charge in [-0.2, -0.15) is 4.98 Å². The van der Waals surface area contributed by atoms with Crippen LogP contribution in [0.15, 0.2) is 4.52 Å². The lowest BCUT2D eigenvalue weighted by atomic mass is 9.85. The summed E-state index contributed by atoms with van der Waals surface area (Å²) in [6.45, 7) is 2.15. The van der Waals surface area contributed by atoms with Gasteiger partial charge in [-0.05, 0) is 38.5 Å². The molecule has 2 aliphatic rings. The molecule has 2 fully saturated rings. The maximum atomic E-state index is 6.14. The van der Waals surface area contributed by atoms with Crippen LogP contribution in [0.25, 0.3) is 0 Å². The first-order valence-electron chi connectivity index (χ1n) is 6.27. The second kappa shape index (κ2) is 3.55. The molecule has 1 aromatic heterocycles. The molecule has 2 saturated carbocycles. The van der Waals surface area contributed by atoms with E-state index >= 15 is 0 Å². The lowest BCUT2D eigenvalue weighted by molar-refractivity contribution is 0.276. The summed E-state index contributed by atoms with van der Waals surface area (Å²) in [5.41, 5.74) is 6.05. The van der Waals surface area contributed by atoms with Gasteiger partial charge in [0.05, 0.1) is 5.41 Å². The molecule has 2 N–H and O–H groups in total. The molecule has 0 saturated heterocycles. The van der Waals surface area contributed by atoms with E-state index in [1.165, 1.54) is 12.8 Å². The fraction of sp³-hybridized carbons (Fsp3) is 0.833. The second-order valence-corrected chi connectivity index (χ2v) is 5.58. The van der Waals surface area contributed by atoms with E-state index in [-0.39, 0.29) is 11.5 Å². The third-order valence-corrected chi connectivity index (χ3v) is 4.15. The van der Waals surface area contributed by atoms with Crippen molar-refractivity contribution in [3.8, 4) is 0 Å². The van der Waals surface area contributed by atoms with E-state index < -0.39 is 0 Å². The molecule has 0 spiro atoms. The molecule has 4 nitrogen and oxygen atoms in total. The van der Waals surface area contributed by atoms with Gasteiger partial charge in [-0.15, -0.1) is 0 Å². The highest BCUT2D eigenvalue weighted by Crippen LogP contribution is 2.39. The van der Waals surface area contributed by atoms with Gasteiger partial charge in [-0.3, -0.25) is 0 Å². The molecule has 2 atom stereocenters. The van der Waals surface area contributed by atoms with E-state index in [4.69, 9.17) is 10.3 Å². The number of hydrogen-bond acceptors (Lipinski definition) is 4. The van der Waals surface area contributed by atoms with Crippen LogP contribution in [-0.2, 0) is 11.8 Å². The summed E-state index contributed by atoms with van der Waals surface area (Å²) in [7, 11) is 0. The van der Waals surface area contributed by atoms with E-state index in [2.05, 4.69) is 17.1 Å². The highest BCUT2D eigenvalue weighted by Gasteiger charge is 2.42. The Morgan fingerprint density at radius 3 is 2.88 bits per heavy atom. The summed E-state index contributed by atoms with van der Waals surface area (Å²) in [5, 5.41) is 4.08. The predicted octanol–water partition coefficient (Wildman–Crippen LogP) is 1.79. The average molecular weight is 221 g/mol. The van der Waals surface area contributed by atoms with Crippen LogP contribution in [0, 0.1) is 5.92 Å². The van der Waals surface area contributed by atoms with Crippen LogP contribution in [0.2, 0.25) is 0 Å². The zero-order valence-corrected chi connectivity index (χ0v) is 9.78. The first-order chi connectivity index (χ1) is 7.68. The molecular weight excluding hydrogens is 202 g/mol. The van der Waals surface area contributed by atoms with Gasteiger partial charge < -0.3 is 10.3 Å². The molecule has 3 rings (SSSR count). The Morgan fingerprint density at radius 1 is 1.44 bits per heavy atom. The van der Waals surface area contributed by atoms with Crippen LogP contribution in [0.5, 0.6) is 0 Å². The quantitative estimate of drug-likeness (QED) is 0.845. The fourth-order valence-electron chi connectivity index (χ4n) is 2.61. The van der Waals surface area contributed by atoms with Gasteiger partial charge in [0.2, 0.25) is 5.89 Å². The third-order valence-electron chi connectivity index (χ3n) is 4.15. The minimum Gasteiger partial charge on any atom is -0.339 e. The van der Waals surface area contributed by atoms with Gasteiger partial charge in [-0.1, -0.05) is 11.6 Å². The minimum atomic E-state index is -0.0885. The Bertz CT molecular complexity index is 385. The number of nitrogens with two attached hydrogens (primary N) is 1. The second-order valence-electron chi connectivity index (χ2n) is 5.58. The van der Waals surface area contributed by atoms with Crippen molar-refractivity contribution in [3.05, 3.63) is 11.7 Å². The van der Waals surface area contributed by atoms with Crippen LogP contribution in [-0.4, -0.2) is 16.2 Å². The summed E-state index contributed by atoms with van der Waals surface area (Å²) >= 11 is 0. The number of rotatable bonds is 3. The largest absolute Gasteiger partial charge is 0.339 e. The molecule has 2 unspecified atom stereocenters. The zero-order chi connectivity index (χ0) is 11.2. The molecule has 1 heterocycles. The Hall–Kier alpha value is -0.900. The zero-order valence-electron chi connectivity index (χ0n) is 9.78. The smallest absolute Gasteiger partial charge is 0.234 e. The molecule has 0 bridgehead atoms. The Balaban J connectivity index is 1.79. The first-order valence-corrected chi connectivity index (χ1v) is 6.27. The topological polar surface area (TPSA) is 64.9 Å². The van der Waals surface area contributed by atoms with Crippen LogP contribution in [0.1, 0.15) is 50.7 Å². The molecular formula is C12H19N3O. The van der Waals surface area contributed by atoms with Gasteiger partial charge >= 0.3 is 0 Å². The van der Waals surface area contributed by atoms with Crippen molar-refractivity contribution < 1.29 is 4.52 Å². The van der Waals surface area contributed by atoms with Crippen molar-refractivity contribution >= 4 is 0 Å². The molecule has 4 heteroatoms. The van der Waals surface area contributed by atoms with Crippen molar-refractivity contribution in [3.63, 3.8) is 0 Å². The van der Waals surface area contributed by atoms with Crippen molar-refractivity contribution in [1.82, 2.24) is 10.1 Å². The van der Waals surface area contributed by atoms with Crippen LogP contribution >= 0.6 is 0 Å². The minimum absolute atomic E-state index is 0.0885. The van der Waals surface area contributed by atoms with E-state index in [0.717, 1.165) is 43.3 Å². The number of nitrogens with zero attached hydrogens (tertiary/aromatic N) is 2. The van der Waals surface area contributed by atoms with Crippen LogP contribution < -0.4 is 5.73 Å². The van der Waals surface area contributed by atoms with Gasteiger partial charge in [0.25, 0.3) is 0 Å². The monoisotopic (exact) mass is 221 g/mol. The van der Waals surface area contributed by atoms with Crippen LogP contribution in [0.4, 0.5) is 0 Å². The van der Waals surface area contributed by atoms with E-state index in [1.54, 1.807) is 0 Å². The normalized spacial score (nSPS) is 34.5. The molecule has 1 aromatic rings. The van der Waals surface area contributed by atoms with E-state index in [1.807, 2.05) is 0 Å². The molecule has 0 aromatic carbocycles. The average Bonchev–Trinajstić information content (AvgIpc) is 2.81. The maximum absolute atomic E-state index is 6.14. The molecule has 88 valence electrons. The number of hydrogen-bond donors (Lipinski definition) is 1. The van der Waals surface area contributed by atoms with Crippen molar-refractivity contribution in [2.24, 2.45) is 11.7 Å². The Kier molecular flexibility index (Phi) is 2.28. The maximum Gasteiger partial charge on any atom is 0.234 e. The Morgan fingerprint density at radius 2 is 2.25 bits per heavy atom. The Labute approximate surface area is 95.6 Å². The van der Waals surface area contributed by atoms with Crippen molar-refractivity contribution in [1.29, 1.82) is 0 Å². The summed E-state index contributed by atoms with van der Waals surface area (Å²) in [4.78, 5) is 4.54. The predicted molar refractivity (Wildman–Crippen MR) is 59.9 cm³/mol. The SMILES string of the molecule is CC1(c2nc(CC3CC3)no2)CCCC1N. The van der Waals surface area contributed by atoms with Crippen molar-refractivity contribution in [2.45, 2.75) is 56.9 Å². The first kappa shape index (κ1) is 10.3. The summed E-state index contributed by atoms with van der Waals surface area (Å²) < 4.78 is 5.41. The van der Waals surface area contributed by atoms with Gasteiger partial charge in [0.15, 0.2) is 5.82 Å². The lowest BCUT2D eigenvalue weighted by Gasteiger charge is -2.23. The van der Waals surface area contributed by atoms with Crippen LogP contribution in [0.3, 0.4) is 0 Å². The highest BCUT2D eigenvalue weighted by molar-refractivity contribution is 5.12. The molecule has 0 amide bonds. The molecule has 0 aliphatic heterocycles. The lowest BCUT2D eigenvalue weighted by Crippen LogP contribution is -2.38. The fourth-order valence-corrected chi connectivity index (χ4v) is 2.61. The van der Waals surface area contributed by atoms with E-state index in [0.29, 0.717) is 0 Å². The van der Waals surface area contributed by atoms with Gasteiger partial charge in [0, 0.05) is 12.5 Å². The standard InChI is InChI=1S/C12H19N3O/c1-12(6-2-3-9(12)13)11-14-10(15-16-11)7-8-4-5-8/h8-9H,2-7,13H2,1H3. The number of aromatic nitrogens is 2. The molecule has 0 radical (unpaired) electrons. The highest BCUT2D eigenvalue weighted by atomic mass is 16.5. The van der Waals surface area contributed by atoms with Gasteiger partial charge in [-0.25, -0.2) is 0 Å². The van der Waals surface area contributed by atoms with Crippen molar-refractivity contribution in [2.75, 3.05) is 0 Å². The van der Waals surface area contributed by atoms with E-state index in [9.17, 15) is 0 Å².